The zero-order chi connectivity index (χ0) is 16.9. The average Bonchev–Trinajstić information content (AvgIpc) is 3.05. The molecular formula is C18H14N2O3S. The summed E-state index contributed by atoms with van der Waals surface area (Å²) in [4.78, 5) is 23.5. The van der Waals surface area contributed by atoms with Crippen LogP contribution in [0.25, 0.3) is 0 Å². The Morgan fingerprint density at radius 2 is 1.58 bits per heavy atom. The fourth-order valence-corrected chi connectivity index (χ4v) is 2.86. The first-order valence-electron chi connectivity index (χ1n) is 7.15. The van der Waals surface area contributed by atoms with E-state index in [1.54, 1.807) is 35.7 Å². The van der Waals surface area contributed by atoms with Crippen molar-refractivity contribution in [2.75, 3.05) is 5.32 Å². The van der Waals surface area contributed by atoms with Crippen molar-refractivity contribution < 1.29 is 14.3 Å². The minimum Gasteiger partial charge on any atom is -0.457 e. The van der Waals surface area contributed by atoms with Gasteiger partial charge in [0.1, 0.15) is 16.5 Å². The number of carbonyl (C=O) groups excluding carboxylic acids is 2. The molecule has 1 heterocycles. The van der Waals surface area contributed by atoms with Crippen molar-refractivity contribution in [1.29, 1.82) is 0 Å². The summed E-state index contributed by atoms with van der Waals surface area (Å²) in [6.07, 6.45) is 0. The van der Waals surface area contributed by atoms with Crippen LogP contribution >= 0.6 is 11.3 Å². The van der Waals surface area contributed by atoms with Crippen molar-refractivity contribution in [1.82, 2.24) is 0 Å². The molecule has 0 radical (unpaired) electrons. The molecular weight excluding hydrogens is 324 g/mol. The minimum absolute atomic E-state index is 0.303. The standard InChI is InChI=1S/C18H14N2O3S/c19-16(21)15-10-11-24-18(15)20-17(22)12-6-8-14(9-7-12)23-13-4-2-1-3-5-13/h1-11H,(H2,19,21)(H,20,22). The largest absolute Gasteiger partial charge is 0.457 e. The number of rotatable bonds is 5. The van der Waals surface area contributed by atoms with Gasteiger partial charge in [0.15, 0.2) is 0 Å². The Morgan fingerprint density at radius 1 is 0.917 bits per heavy atom. The summed E-state index contributed by atoms with van der Waals surface area (Å²) in [7, 11) is 0. The highest BCUT2D eigenvalue weighted by molar-refractivity contribution is 7.14. The van der Waals surface area contributed by atoms with E-state index in [0.717, 1.165) is 5.75 Å². The molecule has 0 atom stereocenters. The Kier molecular flexibility index (Phi) is 4.58. The Bertz CT molecular complexity index is 857. The number of hydrogen-bond acceptors (Lipinski definition) is 4. The number of benzene rings is 2. The number of thiophene rings is 1. The molecule has 0 aliphatic carbocycles. The molecule has 5 nitrogen and oxygen atoms in total. The Hall–Kier alpha value is -3.12. The van der Waals surface area contributed by atoms with Crippen LogP contribution in [0.4, 0.5) is 5.00 Å². The summed E-state index contributed by atoms with van der Waals surface area (Å²) in [6, 6.07) is 17.7. The zero-order valence-electron chi connectivity index (χ0n) is 12.6. The van der Waals surface area contributed by atoms with E-state index in [1.165, 1.54) is 11.3 Å². The van der Waals surface area contributed by atoms with E-state index >= 15 is 0 Å². The molecule has 0 aliphatic heterocycles. The van der Waals surface area contributed by atoms with Gasteiger partial charge in [-0.1, -0.05) is 18.2 Å². The third-order valence-corrected chi connectivity index (χ3v) is 4.08. The van der Waals surface area contributed by atoms with E-state index < -0.39 is 5.91 Å². The maximum atomic E-state index is 12.3. The number of amides is 2. The van der Waals surface area contributed by atoms with Crippen LogP contribution in [0.5, 0.6) is 11.5 Å². The molecule has 3 rings (SSSR count). The monoisotopic (exact) mass is 338 g/mol. The molecule has 1 aromatic heterocycles. The van der Waals surface area contributed by atoms with Gasteiger partial charge in [-0.25, -0.2) is 0 Å². The van der Waals surface area contributed by atoms with Crippen LogP contribution in [0.3, 0.4) is 0 Å². The van der Waals surface area contributed by atoms with Gasteiger partial charge < -0.3 is 15.8 Å². The second kappa shape index (κ2) is 6.97. The van der Waals surface area contributed by atoms with Crippen molar-refractivity contribution in [3.05, 3.63) is 77.2 Å². The molecule has 3 aromatic rings. The SMILES string of the molecule is NC(=O)c1ccsc1NC(=O)c1ccc(Oc2ccccc2)cc1. The summed E-state index contributed by atoms with van der Waals surface area (Å²) in [5.41, 5.74) is 6.03. The Balaban J connectivity index is 1.70. The smallest absolute Gasteiger partial charge is 0.256 e. The summed E-state index contributed by atoms with van der Waals surface area (Å²) in [5.74, 6) is 0.468. The number of hydrogen-bond donors (Lipinski definition) is 2. The summed E-state index contributed by atoms with van der Waals surface area (Å²) in [6.45, 7) is 0. The molecule has 2 amide bonds. The average molecular weight is 338 g/mol. The van der Waals surface area contributed by atoms with Gasteiger partial charge in [0.2, 0.25) is 0 Å². The highest BCUT2D eigenvalue weighted by Crippen LogP contribution is 2.24. The predicted molar refractivity (Wildman–Crippen MR) is 93.7 cm³/mol. The van der Waals surface area contributed by atoms with Gasteiger partial charge in [0, 0.05) is 5.56 Å². The first kappa shape index (κ1) is 15.8. The first-order valence-corrected chi connectivity index (χ1v) is 8.03. The third kappa shape index (κ3) is 3.61. The van der Waals surface area contributed by atoms with Crippen molar-refractivity contribution in [3.63, 3.8) is 0 Å². The highest BCUT2D eigenvalue weighted by Gasteiger charge is 2.13. The number of nitrogens with two attached hydrogens (primary N) is 1. The maximum Gasteiger partial charge on any atom is 0.256 e. The van der Waals surface area contributed by atoms with E-state index in [4.69, 9.17) is 10.5 Å². The lowest BCUT2D eigenvalue weighted by Gasteiger charge is -2.07. The van der Waals surface area contributed by atoms with Crippen molar-refractivity contribution in [3.8, 4) is 11.5 Å². The Morgan fingerprint density at radius 3 is 2.25 bits per heavy atom. The van der Waals surface area contributed by atoms with Gasteiger partial charge in [-0.15, -0.1) is 11.3 Å². The molecule has 0 saturated carbocycles. The van der Waals surface area contributed by atoms with Crippen LogP contribution in [0.1, 0.15) is 20.7 Å². The van der Waals surface area contributed by atoms with Crippen molar-refractivity contribution in [2.24, 2.45) is 5.73 Å². The minimum atomic E-state index is -0.571. The summed E-state index contributed by atoms with van der Waals surface area (Å²) < 4.78 is 5.68. The molecule has 2 aromatic carbocycles. The fraction of sp³-hybridized carbons (Fsp3) is 0. The quantitative estimate of drug-likeness (QED) is 0.740. The lowest BCUT2D eigenvalue weighted by Crippen LogP contribution is -2.16. The zero-order valence-corrected chi connectivity index (χ0v) is 13.4. The summed E-state index contributed by atoms with van der Waals surface area (Å²) in [5, 5.41) is 4.84. The van der Waals surface area contributed by atoms with Gasteiger partial charge in [-0.2, -0.15) is 0 Å². The second-order valence-electron chi connectivity index (χ2n) is 4.92. The van der Waals surface area contributed by atoms with Gasteiger partial charge in [-0.05, 0) is 47.8 Å². The number of ether oxygens (including phenoxy) is 1. The van der Waals surface area contributed by atoms with E-state index in [9.17, 15) is 9.59 Å². The van der Waals surface area contributed by atoms with Crippen molar-refractivity contribution >= 4 is 28.2 Å². The number of anilines is 1. The highest BCUT2D eigenvalue weighted by atomic mass is 32.1. The Labute approximate surface area is 142 Å². The van der Waals surface area contributed by atoms with E-state index in [0.29, 0.717) is 21.9 Å². The van der Waals surface area contributed by atoms with E-state index in [-0.39, 0.29) is 5.91 Å². The normalized spacial score (nSPS) is 10.2. The molecule has 0 fully saturated rings. The van der Waals surface area contributed by atoms with Crippen LogP contribution in [0.2, 0.25) is 0 Å². The lowest BCUT2D eigenvalue weighted by molar-refractivity contribution is 0.100. The molecule has 3 N–H and O–H groups in total. The lowest BCUT2D eigenvalue weighted by atomic mass is 10.2. The van der Waals surface area contributed by atoms with E-state index in [1.807, 2.05) is 30.3 Å². The number of para-hydroxylation sites is 1. The maximum absolute atomic E-state index is 12.3. The van der Waals surface area contributed by atoms with Gasteiger partial charge in [0.25, 0.3) is 11.8 Å². The molecule has 24 heavy (non-hydrogen) atoms. The molecule has 0 aliphatic rings. The van der Waals surface area contributed by atoms with E-state index in [2.05, 4.69) is 5.32 Å². The third-order valence-electron chi connectivity index (χ3n) is 3.25. The van der Waals surface area contributed by atoms with Crippen molar-refractivity contribution in [2.45, 2.75) is 0 Å². The second-order valence-corrected chi connectivity index (χ2v) is 5.84. The molecule has 0 saturated heterocycles. The molecule has 0 bridgehead atoms. The van der Waals surface area contributed by atoms with Crippen LogP contribution in [0.15, 0.2) is 66.0 Å². The molecule has 0 unspecified atom stereocenters. The number of nitrogens with one attached hydrogen (secondary N) is 1. The number of carbonyl (C=O) groups is 2. The summed E-state index contributed by atoms with van der Waals surface area (Å²) >= 11 is 1.25. The first-order chi connectivity index (χ1) is 11.6. The van der Waals surface area contributed by atoms with Crippen LogP contribution in [-0.2, 0) is 0 Å². The van der Waals surface area contributed by atoms with Crippen LogP contribution in [-0.4, -0.2) is 11.8 Å². The van der Waals surface area contributed by atoms with Gasteiger partial charge in [-0.3, -0.25) is 9.59 Å². The predicted octanol–water partition coefficient (Wildman–Crippen LogP) is 3.89. The van der Waals surface area contributed by atoms with Crippen LogP contribution < -0.4 is 15.8 Å². The fourth-order valence-electron chi connectivity index (χ4n) is 2.07. The molecule has 6 heteroatoms. The number of primary amides is 1. The molecule has 120 valence electrons. The van der Waals surface area contributed by atoms with Gasteiger partial charge in [0.05, 0.1) is 5.56 Å². The van der Waals surface area contributed by atoms with Crippen LogP contribution in [0, 0.1) is 0 Å². The molecule has 0 spiro atoms. The topological polar surface area (TPSA) is 81.4 Å². The van der Waals surface area contributed by atoms with Gasteiger partial charge >= 0.3 is 0 Å².